The molecule has 0 aromatic heterocycles. The summed E-state index contributed by atoms with van der Waals surface area (Å²) in [5.41, 5.74) is 3.71. The van der Waals surface area contributed by atoms with Crippen molar-refractivity contribution >= 4 is 17.5 Å². The maximum atomic E-state index is 12.6. The van der Waals surface area contributed by atoms with Gasteiger partial charge in [0, 0.05) is 17.1 Å². The van der Waals surface area contributed by atoms with Crippen molar-refractivity contribution in [2.45, 2.75) is 64.0 Å². The average Bonchev–Trinajstić information content (AvgIpc) is 3.20. The molecule has 2 fully saturated rings. The first kappa shape index (κ1) is 21.4. The number of nitrogens with one attached hydrogen (secondary N) is 1. The first-order valence-corrected chi connectivity index (χ1v) is 11.8. The summed E-state index contributed by atoms with van der Waals surface area (Å²) in [6, 6.07) is 17.4. The van der Waals surface area contributed by atoms with Crippen LogP contribution in [-0.4, -0.2) is 36.0 Å². The highest BCUT2D eigenvalue weighted by Gasteiger charge is 2.34. The molecule has 160 valence electrons. The topological polar surface area (TPSA) is 32.3 Å². The normalized spacial score (nSPS) is 22.9. The molecule has 30 heavy (non-hydrogen) atoms. The van der Waals surface area contributed by atoms with E-state index in [1.165, 1.54) is 36.8 Å². The zero-order chi connectivity index (χ0) is 20.9. The summed E-state index contributed by atoms with van der Waals surface area (Å²) in [5.74, 6) is 0.909. The predicted octanol–water partition coefficient (Wildman–Crippen LogP) is 5.18. The molecule has 1 heterocycles. The lowest BCUT2D eigenvalue weighted by atomic mass is 9.89. The molecule has 0 bridgehead atoms. The molecule has 1 saturated carbocycles. The molecule has 1 amide bonds. The summed E-state index contributed by atoms with van der Waals surface area (Å²) in [5, 5.41) is 4.16. The van der Waals surface area contributed by atoms with Gasteiger partial charge in [-0.25, -0.2) is 0 Å². The molecule has 0 radical (unpaired) electrons. The quantitative estimate of drug-likeness (QED) is 0.692. The Bertz CT molecular complexity index is 825. The number of rotatable bonds is 6. The van der Waals surface area contributed by atoms with E-state index in [1.807, 2.05) is 12.1 Å². The van der Waals surface area contributed by atoms with Gasteiger partial charge in [0.2, 0.25) is 5.91 Å². The third-order valence-electron chi connectivity index (χ3n) is 6.87. The largest absolute Gasteiger partial charge is 0.352 e. The Morgan fingerprint density at radius 2 is 1.63 bits per heavy atom. The van der Waals surface area contributed by atoms with Gasteiger partial charge < -0.3 is 5.32 Å². The molecule has 0 spiro atoms. The van der Waals surface area contributed by atoms with Gasteiger partial charge in [-0.2, -0.15) is 0 Å². The summed E-state index contributed by atoms with van der Waals surface area (Å²) in [7, 11) is 0. The minimum atomic E-state index is 0.161. The standard InChI is InChI=1S/C26H33ClN2O/c1-19-5-7-21(8-6-19)18-26(30)28-24-3-2-4-25(24)29-15-13-22(14-16-29)17-20-9-11-23(27)12-10-20/h5-12,22,24-25H,2-4,13-18H2,1H3,(H,28,30). The van der Waals surface area contributed by atoms with Gasteiger partial charge in [-0.05, 0) is 87.7 Å². The van der Waals surface area contributed by atoms with Crippen molar-refractivity contribution in [3.8, 4) is 0 Å². The van der Waals surface area contributed by atoms with Crippen LogP contribution >= 0.6 is 11.6 Å². The molecular weight excluding hydrogens is 392 g/mol. The zero-order valence-corrected chi connectivity index (χ0v) is 18.7. The molecule has 2 unspecified atom stereocenters. The molecule has 4 heteroatoms. The highest BCUT2D eigenvalue weighted by atomic mass is 35.5. The average molecular weight is 425 g/mol. The highest BCUT2D eigenvalue weighted by molar-refractivity contribution is 6.30. The van der Waals surface area contributed by atoms with Crippen LogP contribution in [0.2, 0.25) is 5.02 Å². The number of benzene rings is 2. The first-order chi connectivity index (χ1) is 14.6. The van der Waals surface area contributed by atoms with Gasteiger partial charge in [0.15, 0.2) is 0 Å². The van der Waals surface area contributed by atoms with Crippen LogP contribution in [0, 0.1) is 12.8 Å². The third kappa shape index (κ3) is 5.65. The number of hydrogen-bond acceptors (Lipinski definition) is 2. The van der Waals surface area contributed by atoms with Gasteiger partial charge in [-0.3, -0.25) is 9.69 Å². The van der Waals surface area contributed by atoms with E-state index in [0.29, 0.717) is 18.5 Å². The van der Waals surface area contributed by atoms with E-state index in [4.69, 9.17) is 11.6 Å². The van der Waals surface area contributed by atoms with Crippen molar-refractivity contribution in [1.29, 1.82) is 0 Å². The van der Waals surface area contributed by atoms with Crippen LogP contribution in [-0.2, 0) is 17.6 Å². The Balaban J connectivity index is 1.26. The van der Waals surface area contributed by atoms with E-state index in [0.717, 1.165) is 42.4 Å². The molecule has 1 saturated heterocycles. The number of likely N-dealkylation sites (tertiary alicyclic amines) is 1. The van der Waals surface area contributed by atoms with E-state index >= 15 is 0 Å². The fourth-order valence-corrected chi connectivity index (χ4v) is 5.26. The molecule has 2 aromatic carbocycles. The van der Waals surface area contributed by atoms with Crippen molar-refractivity contribution in [1.82, 2.24) is 10.2 Å². The number of aryl methyl sites for hydroxylation is 1. The predicted molar refractivity (Wildman–Crippen MR) is 124 cm³/mol. The number of halogens is 1. The van der Waals surface area contributed by atoms with Crippen LogP contribution in [0.5, 0.6) is 0 Å². The fraction of sp³-hybridized carbons (Fsp3) is 0.500. The van der Waals surface area contributed by atoms with Gasteiger partial charge in [-0.1, -0.05) is 53.6 Å². The van der Waals surface area contributed by atoms with Gasteiger partial charge in [0.25, 0.3) is 0 Å². The van der Waals surface area contributed by atoms with Gasteiger partial charge in [0.05, 0.1) is 6.42 Å². The Kier molecular flexibility index (Phi) is 7.12. The minimum Gasteiger partial charge on any atom is -0.352 e. The number of carbonyl (C=O) groups excluding carboxylic acids is 1. The second-order valence-electron chi connectivity index (χ2n) is 9.14. The van der Waals surface area contributed by atoms with E-state index in [2.05, 4.69) is 53.5 Å². The number of hydrogen-bond donors (Lipinski definition) is 1. The molecule has 2 aliphatic rings. The molecule has 2 atom stereocenters. The minimum absolute atomic E-state index is 0.161. The lowest BCUT2D eigenvalue weighted by molar-refractivity contribution is -0.121. The number of amides is 1. The second-order valence-corrected chi connectivity index (χ2v) is 9.58. The fourth-order valence-electron chi connectivity index (χ4n) is 5.14. The molecular formula is C26H33ClN2O. The molecule has 4 rings (SSSR count). The van der Waals surface area contributed by atoms with Crippen LogP contribution in [0.15, 0.2) is 48.5 Å². The monoisotopic (exact) mass is 424 g/mol. The number of piperidine rings is 1. The van der Waals surface area contributed by atoms with Crippen LogP contribution in [0.25, 0.3) is 0 Å². The van der Waals surface area contributed by atoms with E-state index in [-0.39, 0.29) is 5.91 Å². The zero-order valence-electron chi connectivity index (χ0n) is 17.9. The molecule has 2 aromatic rings. The van der Waals surface area contributed by atoms with Crippen molar-refractivity contribution in [3.63, 3.8) is 0 Å². The number of carbonyl (C=O) groups is 1. The third-order valence-corrected chi connectivity index (χ3v) is 7.12. The highest BCUT2D eigenvalue weighted by Crippen LogP contribution is 2.30. The van der Waals surface area contributed by atoms with Crippen molar-refractivity contribution in [3.05, 3.63) is 70.2 Å². The second kappa shape index (κ2) is 9.98. The Morgan fingerprint density at radius 1 is 0.967 bits per heavy atom. The van der Waals surface area contributed by atoms with E-state index in [9.17, 15) is 4.79 Å². The lowest BCUT2D eigenvalue weighted by Gasteiger charge is -2.38. The summed E-state index contributed by atoms with van der Waals surface area (Å²) in [6.07, 6.45) is 7.63. The maximum absolute atomic E-state index is 12.6. The summed E-state index contributed by atoms with van der Waals surface area (Å²) in [6.45, 7) is 4.37. The Hall–Kier alpha value is -1.84. The SMILES string of the molecule is Cc1ccc(CC(=O)NC2CCCC2N2CCC(Cc3ccc(Cl)cc3)CC2)cc1. The smallest absolute Gasteiger partial charge is 0.224 e. The summed E-state index contributed by atoms with van der Waals surface area (Å²) < 4.78 is 0. The van der Waals surface area contributed by atoms with Crippen LogP contribution in [0.3, 0.4) is 0 Å². The van der Waals surface area contributed by atoms with Gasteiger partial charge in [-0.15, -0.1) is 0 Å². The Labute approximate surface area is 185 Å². The van der Waals surface area contributed by atoms with Crippen LogP contribution < -0.4 is 5.32 Å². The van der Waals surface area contributed by atoms with E-state index < -0.39 is 0 Å². The van der Waals surface area contributed by atoms with Crippen molar-refractivity contribution < 1.29 is 4.79 Å². The molecule has 1 aliphatic heterocycles. The van der Waals surface area contributed by atoms with E-state index in [1.54, 1.807) is 0 Å². The number of nitrogens with zero attached hydrogens (tertiary/aromatic N) is 1. The summed E-state index contributed by atoms with van der Waals surface area (Å²) >= 11 is 6.01. The molecule has 1 aliphatic carbocycles. The van der Waals surface area contributed by atoms with Crippen LogP contribution in [0.4, 0.5) is 0 Å². The maximum Gasteiger partial charge on any atom is 0.224 e. The van der Waals surface area contributed by atoms with Crippen LogP contribution in [0.1, 0.15) is 48.8 Å². The van der Waals surface area contributed by atoms with Gasteiger partial charge in [0.1, 0.15) is 0 Å². The molecule has 1 N–H and O–H groups in total. The van der Waals surface area contributed by atoms with Crippen molar-refractivity contribution in [2.24, 2.45) is 5.92 Å². The first-order valence-electron chi connectivity index (χ1n) is 11.4. The summed E-state index contributed by atoms with van der Waals surface area (Å²) in [4.78, 5) is 15.3. The molecule has 3 nitrogen and oxygen atoms in total. The lowest BCUT2D eigenvalue weighted by Crippen LogP contribution is -2.51. The van der Waals surface area contributed by atoms with Crippen molar-refractivity contribution in [2.75, 3.05) is 13.1 Å². The van der Waals surface area contributed by atoms with Gasteiger partial charge >= 0.3 is 0 Å². The Morgan fingerprint density at radius 3 is 2.33 bits per heavy atom.